The van der Waals surface area contributed by atoms with Crippen molar-refractivity contribution in [1.29, 1.82) is 0 Å². The molecule has 0 aromatic heterocycles. The van der Waals surface area contributed by atoms with Crippen molar-refractivity contribution in [2.45, 2.75) is 20.0 Å². The molecule has 0 aliphatic carbocycles. The van der Waals surface area contributed by atoms with E-state index in [1.165, 1.54) is 0 Å². The third kappa shape index (κ3) is 3.69. The Morgan fingerprint density at radius 2 is 2.09 bits per heavy atom. The first-order valence-corrected chi connectivity index (χ1v) is 3.11. The van der Waals surface area contributed by atoms with Gasteiger partial charge in [0.15, 0.2) is 5.78 Å². The standard InChI is InChI=1S/C6H10O5/c1-3-10-11-5(4(2)7)6(8)9/h5H,3H2,1-2H3,(H,8,9). The largest absolute Gasteiger partial charge is 0.479 e. The predicted molar refractivity (Wildman–Crippen MR) is 34.8 cm³/mol. The van der Waals surface area contributed by atoms with E-state index in [4.69, 9.17) is 5.11 Å². The SMILES string of the molecule is CCOOC(C(C)=O)C(=O)O. The average molecular weight is 162 g/mol. The van der Waals surface area contributed by atoms with Gasteiger partial charge in [0.1, 0.15) is 0 Å². The van der Waals surface area contributed by atoms with Gasteiger partial charge in [-0.3, -0.25) is 4.79 Å². The van der Waals surface area contributed by atoms with Crippen LogP contribution in [0.5, 0.6) is 0 Å². The number of aliphatic carboxylic acids is 1. The predicted octanol–water partition coefficient (Wildman–Crippen LogP) is -0.00330. The molecule has 64 valence electrons. The first kappa shape index (κ1) is 10.1. The normalized spacial score (nSPS) is 12.5. The maximum absolute atomic E-state index is 10.5. The summed E-state index contributed by atoms with van der Waals surface area (Å²) in [6.07, 6.45) is -1.50. The van der Waals surface area contributed by atoms with Crippen LogP contribution in [0.3, 0.4) is 0 Å². The zero-order chi connectivity index (χ0) is 8.85. The van der Waals surface area contributed by atoms with E-state index in [2.05, 4.69) is 9.78 Å². The van der Waals surface area contributed by atoms with E-state index in [0.717, 1.165) is 6.92 Å². The lowest BCUT2D eigenvalue weighted by Gasteiger charge is -2.06. The lowest BCUT2D eigenvalue weighted by atomic mass is 10.3. The maximum Gasteiger partial charge on any atom is 0.344 e. The number of hydrogen-bond acceptors (Lipinski definition) is 4. The molecular weight excluding hydrogens is 152 g/mol. The van der Waals surface area contributed by atoms with Gasteiger partial charge in [0.05, 0.1) is 6.61 Å². The van der Waals surface area contributed by atoms with E-state index in [1.807, 2.05) is 0 Å². The van der Waals surface area contributed by atoms with Crippen LogP contribution in [0.15, 0.2) is 0 Å². The van der Waals surface area contributed by atoms with Gasteiger partial charge >= 0.3 is 5.97 Å². The molecule has 0 radical (unpaired) electrons. The molecule has 1 unspecified atom stereocenters. The lowest BCUT2D eigenvalue weighted by Crippen LogP contribution is -2.31. The molecule has 0 aromatic rings. The van der Waals surface area contributed by atoms with Gasteiger partial charge in [-0.25, -0.2) is 14.6 Å². The Labute approximate surface area is 63.8 Å². The van der Waals surface area contributed by atoms with E-state index in [-0.39, 0.29) is 6.61 Å². The van der Waals surface area contributed by atoms with Gasteiger partial charge in [-0.1, -0.05) is 0 Å². The number of carbonyl (C=O) groups is 2. The van der Waals surface area contributed by atoms with Crippen molar-refractivity contribution in [3.63, 3.8) is 0 Å². The molecule has 0 rings (SSSR count). The number of hydrogen-bond donors (Lipinski definition) is 1. The van der Waals surface area contributed by atoms with Crippen LogP contribution in [0, 0.1) is 0 Å². The fourth-order valence-corrected chi connectivity index (χ4v) is 0.419. The summed E-state index contributed by atoms with van der Waals surface area (Å²) in [5.74, 6) is -1.93. The van der Waals surface area contributed by atoms with Crippen LogP contribution in [0.4, 0.5) is 0 Å². The summed E-state index contributed by atoms with van der Waals surface area (Å²) in [5, 5.41) is 8.34. The monoisotopic (exact) mass is 162 g/mol. The topological polar surface area (TPSA) is 72.8 Å². The minimum Gasteiger partial charge on any atom is -0.479 e. The van der Waals surface area contributed by atoms with Crippen molar-refractivity contribution in [3.8, 4) is 0 Å². The highest BCUT2D eigenvalue weighted by Gasteiger charge is 2.24. The molecule has 0 heterocycles. The summed E-state index contributed by atoms with van der Waals surface area (Å²) >= 11 is 0. The fourth-order valence-electron chi connectivity index (χ4n) is 0.419. The van der Waals surface area contributed by atoms with E-state index in [9.17, 15) is 9.59 Å². The molecule has 0 fully saturated rings. The molecule has 11 heavy (non-hydrogen) atoms. The Hall–Kier alpha value is -0.940. The van der Waals surface area contributed by atoms with E-state index in [0.29, 0.717) is 0 Å². The molecule has 0 aliphatic rings. The smallest absolute Gasteiger partial charge is 0.344 e. The number of carboxylic acids is 1. The average Bonchev–Trinajstić information content (AvgIpc) is 1.87. The van der Waals surface area contributed by atoms with E-state index >= 15 is 0 Å². The summed E-state index contributed by atoms with van der Waals surface area (Å²) in [6.45, 7) is 2.95. The first-order valence-electron chi connectivity index (χ1n) is 3.11. The number of carboxylic acid groups (broad SMARTS) is 1. The molecule has 0 spiro atoms. The second-order valence-electron chi connectivity index (χ2n) is 1.83. The quantitative estimate of drug-likeness (QED) is 0.350. The van der Waals surface area contributed by atoms with Crippen LogP contribution >= 0.6 is 0 Å². The molecular formula is C6H10O5. The highest BCUT2D eigenvalue weighted by atomic mass is 17.2. The minimum atomic E-state index is -1.50. The lowest BCUT2D eigenvalue weighted by molar-refractivity contribution is -0.309. The van der Waals surface area contributed by atoms with Crippen LogP contribution in [-0.2, 0) is 19.4 Å². The van der Waals surface area contributed by atoms with Gasteiger partial charge in [0, 0.05) is 0 Å². The second kappa shape index (κ2) is 4.81. The summed E-state index contributed by atoms with van der Waals surface area (Å²) < 4.78 is 0. The maximum atomic E-state index is 10.5. The van der Waals surface area contributed by atoms with Crippen molar-refractivity contribution in [1.82, 2.24) is 0 Å². The molecule has 1 atom stereocenters. The first-order chi connectivity index (χ1) is 5.09. The summed E-state index contributed by atoms with van der Waals surface area (Å²) in [7, 11) is 0. The zero-order valence-corrected chi connectivity index (χ0v) is 6.36. The van der Waals surface area contributed by atoms with E-state index in [1.54, 1.807) is 6.92 Å². The molecule has 0 aliphatic heterocycles. The fraction of sp³-hybridized carbons (Fsp3) is 0.667. The summed E-state index contributed by atoms with van der Waals surface area (Å²) in [4.78, 5) is 29.3. The van der Waals surface area contributed by atoms with Crippen LogP contribution < -0.4 is 0 Å². The highest BCUT2D eigenvalue weighted by Crippen LogP contribution is 1.94. The zero-order valence-electron chi connectivity index (χ0n) is 6.36. The Morgan fingerprint density at radius 1 is 1.55 bits per heavy atom. The minimum absolute atomic E-state index is 0.205. The van der Waals surface area contributed by atoms with Crippen molar-refractivity contribution in [2.24, 2.45) is 0 Å². The van der Waals surface area contributed by atoms with Crippen molar-refractivity contribution >= 4 is 11.8 Å². The molecule has 5 heteroatoms. The van der Waals surface area contributed by atoms with Gasteiger partial charge < -0.3 is 5.11 Å². The van der Waals surface area contributed by atoms with Gasteiger partial charge in [0.25, 0.3) is 0 Å². The summed E-state index contributed by atoms with van der Waals surface area (Å²) in [5.41, 5.74) is 0. The van der Waals surface area contributed by atoms with Crippen LogP contribution in [0.25, 0.3) is 0 Å². The number of ketones is 1. The molecule has 1 N–H and O–H groups in total. The van der Waals surface area contributed by atoms with Gasteiger partial charge in [-0.15, -0.1) is 0 Å². The van der Waals surface area contributed by atoms with Crippen LogP contribution in [0.1, 0.15) is 13.8 Å². The molecule has 0 bridgehead atoms. The molecule has 0 saturated heterocycles. The molecule has 0 saturated carbocycles. The Bertz CT molecular complexity index is 139. The van der Waals surface area contributed by atoms with Crippen molar-refractivity contribution in [3.05, 3.63) is 0 Å². The number of rotatable bonds is 5. The van der Waals surface area contributed by atoms with Crippen LogP contribution in [0.2, 0.25) is 0 Å². The Kier molecular flexibility index (Phi) is 4.40. The third-order valence-electron chi connectivity index (χ3n) is 0.876. The molecule has 5 nitrogen and oxygen atoms in total. The van der Waals surface area contributed by atoms with Gasteiger partial charge in [-0.2, -0.15) is 0 Å². The summed E-state index contributed by atoms with van der Waals surface area (Å²) in [6, 6.07) is 0. The van der Waals surface area contributed by atoms with Crippen molar-refractivity contribution < 1.29 is 24.5 Å². The Morgan fingerprint density at radius 3 is 2.36 bits per heavy atom. The third-order valence-corrected chi connectivity index (χ3v) is 0.876. The molecule has 0 amide bonds. The number of Topliss-reactive ketones (excluding diaryl/α,β-unsaturated/α-hetero) is 1. The Balaban J connectivity index is 3.90. The van der Waals surface area contributed by atoms with Gasteiger partial charge in [0.2, 0.25) is 6.10 Å². The van der Waals surface area contributed by atoms with Gasteiger partial charge in [-0.05, 0) is 13.8 Å². The molecule has 0 aromatic carbocycles. The van der Waals surface area contributed by atoms with Crippen molar-refractivity contribution in [2.75, 3.05) is 6.61 Å². The highest BCUT2D eigenvalue weighted by molar-refractivity contribution is 5.99. The number of carbonyl (C=O) groups excluding carboxylic acids is 1. The second-order valence-corrected chi connectivity index (χ2v) is 1.83. The van der Waals surface area contributed by atoms with Crippen LogP contribution in [-0.4, -0.2) is 29.6 Å². The van der Waals surface area contributed by atoms with E-state index < -0.39 is 17.9 Å².